The van der Waals surface area contributed by atoms with Crippen LogP contribution in [0.3, 0.4) is 0 Å². The molecule has 0 unspecified atom stereocenters. The number of phenolic OH excluding ortho intramolecular Hbond substituents is 2. The van der Waals surface area contributed by atoms with E-state index in [1.807, 2.05) is 24.3 Å². The second-order valence-electron chi connectivity index (χ2n) is 5.96. The van der Waals surface area contributed by atoms with Crippen molar-refractivity contribution in [1.82, 2.24) is 4.90 Å². The van der Waals surface area contributed by atoms with Gasteiger partial charge in [0.25, 0.3) is 5.91 Å². The number of hydrogen-bond acceptors (Lipinski definition) is 5. The number of aromatic hydroxyl groups is 2. The average molecular weight is 343 g/mol. The van der Waals surface area contributed by atoms with Gasteiger partial charge < -0.3 is 24.6 Å². The lowest BCUT2D eigenvalue weighted by Gasteiger charge is -2.32. The zero-order valence-corrected chi connectivity index (χ0v) is 14.0. The van der Waals surface area contributed by atoms with E-state index in [9.17, 15) is 15.0 Å². The van der Waals surface area contributed by atoms with Crippen LogP contribution in [-0.4, -0.2) is 47.3 Å². The van der Waals surface area contributed by atoms with E-state index in [0.29, 0.717) is 37.4 Å². The molecule has 2 N–H and O–H groups in total. The van der Waals surface area contributed by atoms with Crippen LogP contribution in [0, 0.1) is 0 Å². The number of carbonyl (C=O) groups excluding carboxylic acids is 1. The molecule has 6 nitrogen and oxygen atoms in total. The number of phenols is 2. The molecule has 1 amide bonds. The van der Waals surface area contributed by atoms with Gasteiger partial charge in [0, 0.05) is 32.0 Å². The molecule has 25 heavy (non-hydrogen) atoms. The van der Waals surface area contributed by atoms with E-state index in [-0.39, 0.29) is 29.1 Å². The third kappa shape index (κ3) is 3.79. The molecule has 3 rings (SSSR count). The summed E-state index contributed by atoms with van der Waals surface area (Å²) in [4.78, 5) is 14.2. The van der Waals surface area contributed by atoms with Crippen molar-refractivity contribution in [2.45, 2.75) is 18.9 Å². The highest BCUT2D eigenvalue weighted by atomic mass is 16.5. The standard InChI is InChI=1S/C19H21NO5/c1-24-17-4-2-3-5-18(17)25-14-8-10-20(11-9-14)19(23)15-7-6-13(21)12-16(15)22/h2-7,12,14,21-22H,8-11H2,1H3. The minimum Gasteiger partial charge on any atom is -0.508 e. The zero-order valence-electron chi connectivity index (χ0n) is 14.0. The van der Waals surface area contributed by atoms with Gasteiger partial charge in [0.2, 0.25) is 0 Å². The number of piperidine rings is 1. The molecule has 2 aromatic rings. The average Bonchev–Trinajstić information content (AvgIpc) is 2.62. The fourth-order valence-electron chi connectivity index (χ4n) is 2.94. The summed E-state index contributed by atoms with van der Waals surface area (Å²) in [5.41, 5.74) is 0.196. The van der Waals surface area contributed by atoms with Crippen LogP contribution in [0.1, 0.15) is 23.2 Å². The van der Waals surface area contributed by atoms with Crippen LogP contribution < -0.4 is 9.47 Å². The largest absolute Gasteiger partial charge is 0.508 e. The van der Waals surface area contributed by atoms with Gasteiger partial charge >= 0.3 is 0 Å². The quantitative estimate of drug-likeness (QED) is 0.892. The molecule has 6 heteroatoms. The normalized spacial score (nSPS) is 15.0. The molecular formula is C19H21NO5. The second kappa shape index (κ2) is 7.34. The smallest absolute Gasteiger partial charge is 0.257 e. The Labute approximate surface area is 146 Å². The second-order valence-corrected chi connectivity index (χ2v) is 5.96. The lowest BCUT2D eigenvalue weighted by molar-refractivity contribution is 0.0588. The van der Waals surface area contributed by atoms with Crippen LogP contribution >= 0.6 is 0 Å². The molecule has 1 aliphatic heterocycles. The van der Waals surface area contributed by atoms with E-state index in [1.54, 1.807) is 12.0 Å². The van der Waals surface area contributed by atoms with Gasteiger partial charge in [-0.25, -0.2) is 0 Å². The SMILES string of the molecule is COc1ccccc1OC1CCN(C(=O)c2ccc(O)cc2O)CC1. The maximum Gasteiger partial charge on any atom is 0.257 e. The highest BCUT2D eigenvalue weighted by molar-refractivity contribution is 5.97. The number of ether oxygens (including phenoxy) is 2. The van der Waals surface area contributed by atoms with E-state index < -0.39 is 0 Å². The Morgan fingerprint density at radius 3 is 2.40 bits per heavy atom. The summed E-state index contributed by atoms with van der Waals surface area (Å²) in [5.74, 6) is 0.865. The predicted octanol–water partition coefficient (Wildman–Crippen LogP) is 2.79. The Morgan fingerprint density at radius 2 is 1.76 bits per heavy atom. The number of benzene rings is 2. The van der Waals surface area contributed by atoms with Gasteiger partial charge in [-0.05, 0) is 24.3 Å². The van der Waals surface area contributed by atoms with Crippen molar-refractivity contribution in [2.24, 2.45) is 0 Å². The highest BCUT2D eigenvalue weighted by Gasteiger charge is 2.26. The van der Waals surface area contributed by atoms with Crippen molar-refractivity contribution in [3.8, 4) is 23.0 Å². The van der Waals surface area contributed by atoms with E-state index in [0.717, 1.165) is 0 Å². The van der Waals surface area contributed by atoms with Crippen molar-refractivity contribution in [2.75, 3.05) is 20.2 Å². The predicted molar refractivity (Wildman–Crippen MR) is 92.3 cm³/mol. The summed E-state index contributed by atoms with van der Waals surface area (Å²) in [7, 11) is 1.60. The Hall–Kier alpha value is -2.89. The third-order valence-electron chi connectivity index (χ3n) is 4.30. The number of nitrogens with zero attached hydrogens (tertiary/aromatic N) is 1. The summed E-state index contributed by atoms with van der Waals surface area (Å²) in [6, 6.07) is 11.5. The van der Waals surface area contributed by atoms with Gasteiger partial charge in [-0.2, -0.15) is 0 Å². The first-order valence-corrected chi connectivity index (χ1v) is 8.19. The molecule has 0 saturated carbocycles. The van der Waals surface area contributed by atoms with E-state index >= 15 is 0 Å². The first-order valence-electron chi connectivity index (χ1n) is 8.19. The van der Waals surface area contributed by atoms with Crippen LogP contribution in [0.4, 0.5) is 0 Å². The maximum atomic E-state index is 12.5. The molecular weight excluding hydrogens is 322 g/mol. The van der Waals surface area contributed by atoms with Gasteiger partial charge in [0.15, 0.2) is 11.5 Å². The van der Waals surface area contributed by atoms with Crippen LogP contribution in [-0.2, 0) is 0 Å². The molecule has 0 aliphatic carbocycles. The molecule has 0 aromatic heterocycles. The van der Waals surface area contributed by atoms with Crippen LogP contribution in [0.2, 0.25) is 0 Å². The summed E-state index contributed by atoms with van der Waals surface area (Å²) in [6.07, 6.45) is 1.40. The molecule has 2 aromatic carbocycles. The van der Waals surface area contributed by atoms with Gasteiger partial charge in [0.05, 0.1) is 12.7 Å². The van der Waals surface area contributed by atoms with Crippen molar-refractivity contribution in [3.63, 3.8) is 0 Å². The van der Waals surface area contributed by atoms with Crippen molar-refractivity contribution >= 4 is 5.91 Å². The van der Waals surface area contributed by atoms with Crippen molar-refractivity contribution < 1.29 is 24.5 Å². The highest BCUT2D eigenvalue weighted by Crippen LogP contribution is 2.30. The van der Waals surface area contributed by atoms with Crippen LogP contribution in [0.25, 0.3) is 0 Å². The van der Waals surface area contributed by atoms with Crippen LogP contribution in [0.5, 0.6) is 23.0 Å². The molecule has 0 radical (unpaired) electrons. The maximum absolute atomic E-state index is 12.5. The van der Waals surface area contributed by atoms with Crippen molar-refractivity contribution in [3.05, 3.63) is 48.0 Å². The van der Waals surface area contributed by atoms with Gasteiger partial charge in [0.1, 0.15) is 17.6 Å². The summed E-state index contributed by atoms with van der Waals surface area (Å²) in [6.45, 7) is 1.08. The Morgan fingerprint density at radius 1 is 1.08 bits per heavy atom. The number of hydrogen-bond donors (Lipinski definition) is 2. The number of carbonyl (C=O) groups is 1. The third-order valence-corrected chi connectivity index (χ3v) is 4.30. The van der Waals surface area contributed by atoms with E-state index in [1.165, 1.54) is 18.2 Å². The molecule has 1 heterocycles. The van der Waals surface area contributed by atoms with Crippen LogP contribution in [0.15, 0.2) is 42.5 Å². The van der Waals surface area contributed by atoms with Gasteiger partial charge in [-0.3, -0.25) is 4.79 Å². The fraction of sp³-hybridized carbons (Fsp3) is 0.316. The summed E-state index contributed by atoms with van der Waals surface area (Å²) >= 11 is 0. The number of rotatable bonds is 4. The lowest BCUT2D eigenvalue weighted by atomic mass is 10.1. The summed E-state index contributed by atoms with van der Waals surface area (Å²) < 4.78 is 11.3. The Kier molecular flexibility index (Phi) is 4.97. The first kappa shape index (κ1) is 17.0. The number of likely N-dealkylation sites (tertiary alicyclic amines) is 1. The Balaban J connectivity index is 1.61. The zero-order chi connectivity index (χ0) is 17.8. The number of amides is 1. The molecule has 1 fully saturated rings. The molecule has 0 atom stereocenters. The fourth-order valence-corrected chi connectivity index (χ4v) is 2.94. The van der Waals surface area contributed by atoms with Gasteiger partial charge in [-0.1, -0.05) is 12.1 Å². The monoisotopic (exact) mass is 343 g/mol. The van der Waals surface area contributed by atoms with E-state index in [2.05, 4.69) is 0 Å². The number of para-hydroxylation sites is 2. The molecule has 0 bridgehead atoms. The molecule has 0 spiro atoms. The molecule has 132 valence electrons. The van der Waals surface area contributed by atoms with Gasteiger partial charge in [-0.15, -0.1) is 0 Å². The topological polar surface area (TPSA) is 79.2 Å². The molecule has 1 aliphatic rings. The first-order chi connectivity index (χ1) is 12.1. The summed E-state index contributed by atoms with van der Waals surface area (Å²) in [5, 5.41) is 19.2. The minimum absolute atomic E-state index is 0.00812. The lowest BCUT2D eigenvalue weighted by Crippen LogP contribution is -2.41. The minimum atomic E-state index is -0.242. The van der Waals surface area contributed by atoms with E-state index in [4.69, 9.17) is 9.47 Å². The number of methoxy groups -OCH3 is 1. The molecule has 1 saturated heterocycles. The Bertz CT molecular complexity index is 753. The van der Waals surface area contributed by atoms with Crippen molar-refractivity contribution in [1.29, 1.82) is 0 Å².